The van der Waals surface area contributed by atoms with Gasteiger partial charge in [0, 0.05) is 24.1 Å². The van der Waals surface area contributed by atoms with Gasteiger partial charge in [-0.1, -0.05) is 37.6 Å². The summed E-state index contributed by atoms with van der Waals surface area (Å²) >= 11 is 0. The highest BCUT2D eigenvalue weighted by Gasteiger charge is 2.12. The molecule has 0 radical (unpaired) electrons. The molecule has 1 aromatic heterocycles. The molecule has 1 aromatic carbocycles. The SMILES string of the molecule is CCCNc1nc(CCC)nc(-c2cccc(C)c2)c1C. The Bertz CT molecular complexity index is 605. The maximum atomic E-state index is 4.79. The van der Waals surface area contributed by atoms with Crippen molar-refractivity contribution in [2.24, 2.45) is 0 Å². The second kappa shape index (κ2) is 7.21. The van der Waals surface area contributed by atoms with Crippen molar-refractivity contribution in [3.8, 4) is 11.3 Å². The number of nitrogens with zero attached hydrogens (tertiary/aromatic N) is 2. The van der Waals surface area contributed by atoms with E-state index in [0.717, 1.165) is 48.7 Å². The van der Waals surface area contributed by atoms with Gasteiger partial charge in [0.05, 0.1) is 5.69 Å². The predicted octanol–water partition coefficient (Wildman–Crippen LogP) is 4.53. The van der Waals surface area contributed by atoms with Crippen LogP contribution >= 0.6 is 0 Å². The first-order valence-corrected chi connectivity index (χ1v) is 7.84. The Morgan fingerprint density at radius 3 is 2.52 bits per heavy atom. The fraction of sp³-hybridized carbons (Fsp3) is 0.444. The largest absolute Gasteiger partial charge is 0.370 e. The fourth-order valence-corrected chi connectivity index (χ4v) is 2.39. The smallest absolute Gasteiger partial charge is 0.133 e. The molecular weight excluding hydrogens is 258 g/mol. The van der Waals surface area contributed by atoms with Crippen molar-refractivity contribution in [1.82, 2.24) is 9.97 Å². The molecule has 3 heteroatoms. The van der Waals surface area contributed by atoms with Gasteiger partial charge >= 0.3 is 0 Å². The Balaban J connectivity index is 2.49. The molecule has 112 valence electrons. The molecule has 0 unspecified atom stereocenters. The maximum absolute atomic E-state index is 4.79. The minimum atomic E-state index is 0.917. The zero-order valence-corrected chi connectivity index (χ0v) is 13.5. The van der Waals surface area contributed by atoms with Crippen LogP contribution in [-0.2, 0) is 6.42 Å². The summed E-state index contributed by atoms with van der Waals surface area (Å²) in [4.78, 5) is 9.48. The molecule has 21 heavy (non-hydrogen) atoms. The third-order valence-corrected chi connectivity index (χ3v) is 3.50. The van der Waals surface area contributed by atoms with E-state index in [1.54, 1.807) is 0 Å². The molecule has 2 aromatic rings. The topological polar surface area (TPSA) is 37.8 Å². The standard InChI is InChI=1S/C18H25N3/c1-5-8-16-20-17(15-10-7-9-13(3)12-15)14(4)18(21-16)19-11-6-2/h7,9-10,12H,5-6,8,11H2,1-4H3,(H,19,20,21). The fourth-order valence-electron chi connectivity index (χ4n) is 2.39. The van der Waals surface area contributed by atoms with Gasteiger partial charge in [0.2, 0.25) is 0 Å². The van der Waals surface area contributed by atoms with Crippen molar-refractivity contribution in [3.05, 3.63) is 41.2 Å². The molecular formula is C18H25N3. The molecule has 1 N–H and O–H groups in total. The lowest BCUT2D eigenvalue weighted by molar-refractivity contribution is 0.830. The first kappa shape index (κ1) is 15.5. The molecule has 0 bridgehead atoms. The second-order valence-corrected chi connectivity index (χ2v) is 5.51. The molecule has 1 heterocycles. The van der Waals surface area contributed by atoms with Gasteiger partial charge in [0.25, 0.3) is 0 Å². The highest BCUT2D eigenvalue weighted by Crippen LogP contribution is 2.26. The van der Waals surface area contributed by atoms with E-state index in [4.69, 9.17) is 4.98 Å². The lowest BCUT2D eigenvalue weighted by atomic mass is 10.0. The predicted molar refractivity (Wildman–Crippen MR) is 89.7 cm³/mol. The number of hydrogen-bond donors (Lipinski definition) is 1. The van der Waals surface area contributed by atoms with Gasteiger partial charge < -0.3 is 5.32 Å². The number of nitrogens with one attached hydrogen (secondary N) is 1. The van der Waals surface area contributed by atoms with Crippen LogP contribution in [0.15, 0.2) is 24.3 Å². The van der Waals surface area contributed by atoms with E-state index < -0.39 is 0 Å². The summed E-state index contributed by atoms with van der Waals surface area (Å²) in [6.45, 7) is 9.48. The number of aryl methyl sites for hydroxylation is 2. The van der Waals surface area contributed by atoms with Crippen LogP contribution < -0.4 is 5.32 Å². The summed E-state index contributed by atoms with van der Waals surface area (Å²) in [5, 5.41) is 3.44. The molecule has 0 saturated carbocycles. The number of benzene rings is 1. The average Bonchev–Trinajstić information content (AvgIpc) is 2.47. The lowest BCUT2D eigenvalue weighted by Crippen LogP contribution is -2.09. The molecule has 0 aliphatic heterocycles. The zero-order chi connectivity index (χ0) is 15.2. The molecule has 0 amide bonds. The summed E-state index contributed by atoms with van der Waals surface area (Å²) in [7, 11) is 0. The molecule has 0 saturated heterocycles. The van der Waals surface area contributed by atoms with Crippen molar-refractivity contribution >= 4 is 5.82 Å². The van der Waals surface area contributed by atoms with E-state index in [1.807, 2.05) is 0 Å². The van der Waals surface area contributed by atoms with Gasteiger partial charge in [-0.2, -0.15) is 0 Å². The third kappa shape index (κ3) is 3.81. The van der Waals surface area contributed by atoms with Crippen molar-refractivity contribution in [1.29, 1.82) is 0 Å². The molecule has 0 aliphatic carbocycles. The average molecular weight is 283 g/mol. The Hall–Kier alpha value is -1.90. The summed E-state index contributed by atoms with van der Waals surface area (Å²) in [6, 6.07) is 8.52. The first-order valence-electron chi connectivity index (χ1n) is 7.84. The van der Waals surface area contributed by atoms with Gasteiger partial charge in [-0.05, 0) is 32.8 Å². The van der Waals surface area contributed by atoms with Crippen LogP contribution in [0.25, 0.3) is 11.3 Å². The van der Waals surface area contributed by atoms with Gasteiger partial charge in [-0.25, -0.2) is 9.97 Å². The van der Waals surface area contributed by atoms with Crippen molar-refractivity contribution in [2.45, 2.75) is 47.0 Å². The second-order valence-electron chi connectivity index (χ2n) is 5.51. The minimum Gasteiger partial charge on any atom is -0.370 e. The van der Waals surface area contributed by atoms with Crippen LogP contribution in [0, 0.1) is 13.8 Å². The van der Waals surface area contributed by atoms with Crippen LogP contribution in [0.5, 0.6) is 0 Å². The van der Waals surface area contributed by atoms with Crippen LogP contribution in [0.2, 0.25) is 0 Å². The van der Waals surface area contributed by atoms with E-state index in [2.05, 4.69) is 62.3 Å². The van der Waals surface area contributed by atoms with Crippen LogP contribution in [0.4, 0.5) is 5.82 Å². The van der Waals surface area contributed by atoms with Crippen LogP contribution in [0.1, 0.15) is 43.6 Å². The van der Waals surface area contributed by atoms with Gasteiger partial charge in [0.15, 0.2) is 0 Å². The molecule has 2 rings (SSSR count). The zero-order valence-electron chi connectivity index (χ0n) is 13.5. The third-order valence-electron chi connectivity index (χ3n) is 3.50. The van der Waals surface area contributed by atoms with Gasteiger partial charge in [-0.3, -0.25) is 0 Å². The first-order chi connectivity index (χ1) is 10.2. The van der Waals surface area contributed by atoms with Crippen LogP contribution in [-0.4, -0.2) is 16.5 Å². The normalized spacial score (nSPS) is 10.7. The monoisotopic (exact) mass is 283 g/mol. The summed E-state index contributed by atoms with van der Waals surface area (Å²) < 4.78 is 0. The number of rotatable bonds is 6. The minimum absolute atomic E-state index is 0.917. The van der Waals surface area contributed by atoms with E-state index in [1.165, 1.54) is 11.1 Å². The maximum Gasteiger partial charge on any atom is 0.133 e. The summed E-state index contributed by atoms with van der Waals surface area (Å²) in [5.41, 5.74) is 4.61. The van der Waals surface area contributed by atoms with E-state index in [0.29, 0.717) is 0 Å². The molecule has 0 aliphatic rings. The van der Waals surface area contributed by atoms with Crippen molar-refractivity contribution in [3.63, 3.8) is 0 Å². The Kier molecular flexibility index (Phi) is 5.32. The molecule has 0 spiro atoms. The lowest BCUT2D eigenvalue weighted by Gasteiger charge is -2.14. The van der Waals surface area contributed by atoms with Crippen molar-refractivity contribution < 1.29 is 0 Å². The Labute approximate surface area is 127 Å². The van der Waals surface area contributed by atoms with E-state index >= 15 is 0 Å². The van der Waals surface area contributed by atoms with Gasteiger partial charge in [0.1, 0.15) is 11.6 Å². The summed E-state index contributed by atoms with van der Waals surface area (Å²) in [6.07, 6.45) is 3.07. The van der Waals surface area contributed by atoms with Crippen molar-refractivity contribution in [2.75, 3.05) is 11.9 Å². The quantitative estimate of drug-likeness (QED) is 0.846. The molecule has 3 nitrogen and oxygen atoms in total. The number of hydrogen-bond acceptors (Lipinski definition) is 3. The number of anilines is 1. The Morgan fingerprint density at radius 2 is 1.86 bits per heavy atom. The van der Waals surface area contributed by atoms with Gasteiger partial charge in [-0.15, -0.1) is 0 Å². The Morgan fingerprint density at radius 1 is 1.05 bits per heavy atom. The van der Waals surface area contributed by atoms with Crippen LogP contribution in [0.3, 0.4) is 0 Å². The highest BCUT2D eigenvalue weighted by molar-refractivity contribution is 5.68. The highest BCUT2D eigenvalue weighted by atomic mass is 15.0. The number of aromatic nitrogens is 2. The van der Waals surface area contributed by atoms with E-state index in [-0.39, 0.29) is 0 Å². The summed E-state index contributed by atoms with van der Waals surface area (Å²) in [5.74, 6) is 1.91. The molecule has 0 atom stereocenters. The molecule has 0 fully saturated rings. The van der Waals surface area contributed by atoms with E-state index in [9.17, 15) is 0 Å².